The third-order valence-electron chi connectivity index (χ3n) is 2.02. The molecule has 0 atom stereocenters. The average molecular weight is 183 g/mol. The highest BCUT2D eigenvalue weighted by Crippen LogP contribution is 2.28. The van der Waals surface area contributed by atoms with Gasteiger partial charge in [0, 0.05) is 6.54 Å². The average Bonchev–Trinajstić information content (AvgIpc) is 2.87. The summed E-state index contributed by atoms with van der Waals surface area (Å²) in [5.74, 6) is 0.890. The van der Waals surface area contributed by atoms with E-state index in [1.165, 1.54) is 12.8 Å². The summed E-state index contributed by atoms with van der Waals surface area (Å²) < 4.78 is 0. The van der Waals surface area contributed by atoms with Crippen molar-refractivity contribution in [2.45, 2.75) is 12.8 Å². The highest BCUT2D eigenvalue weighted by molar-refractivity contribution is 6.29. The number of nitrogens with zero attached hydrogens (tertiary/aromatic N) is 1. The molecule has 1 aromatic heterocycles. The van der Waals surface area contributed by atoms with Crippen LogP contribution in [0.15, 0.2) is 18.3 Å². The molecule has 0 amide bonds. The summed E-state index contributed by atoms with van der Waals surface area (Å²) >= 11 is 5.65. The van der Waals surface area contributed by atoms with Crippen LogP contribution in [0.25, 0.3) is 0 Å². The minimum Gasteiger partial charge on any atom is -0.384 e. The van der Waals surface area contributed by atoms with Crippen molar-refractivity contribution < 1.29 is 0 Å². The Balaban J connectivity index is 1.89. The van der Waals surface area contributed by atoms with Crippen LogP contribution >= 0.6 is 11.6 Å². The van der Waals surface area contributed by atoms with Crippen LogP contribution in [0, 0.1) is 5.92 Å². The maximum absolute atomic E-state index is 5.65. The maximum Gasteiger partial charge on any atom is 0.129 e. The largest absolute Gasteiger partial charge is 0.384 e. The van der Waals surface area contributed by atoms with Crippen molar-refractivity contribution in [3.63, 3.8) is 0 Å². The Labute approximate surface area is 77.0 Å². The van der Waals surface area contributed by atoms with Crippen molar-refractivity contribution in [2.75, 3.05) is 11.9 Å². The van der Waals surface area contributed by atoms with E-state index in [-0.39, 0.29) is 0 Å². The van der Waals surface area contributed by atoms with E-state index in [4.69, 9.17) is 11.6 Å². The quantitative estimate of drug-likeness (QED) is 0.727. The molecule has 0 aliphatic heterocycles. The maximum atomic E-state index is 5.65. The Morgan fingerprint density at radius 2 is 2.33 bits per heavy atom. The number of halogens is 1. The lowest BCUT2D eigenvalue weighted by atomic mass is 10.4. The van der Waals surface area contributed by atoms with Crippen molar-refractivity contribution in [1.29, 1.82) is 0 Å². The summed E-state index contributed by atoms with van der Waals surface area (Å²) in [6.07, 6.45) is 4.51. The molecule has 1 saturated carbocycles. The predicted octanol–water partition coefficient (Wildman–Crippen LogP) is 2.56. The van der Waals surface area contributed by atoms with E-state index in [0.29, 0.717) is 5.15 Å². The fourth-order valence-corrected chi connectivity index (χ4v) is 1.18. The first-order valence-electron chi connectivity index (χ1n) is 4.20. The third kappa shape index (κ3) is 2.11. The zero-order valence-electron chi connectivity index (χ0n) is 6.76. The topological polar surface area (TPSA) is 24.9 Å². The number of anilines is 1. The van der Waals surface area contributed by atoms with Crippen LogP contribution in [0.5, 0.6) is 0 Å². The number of aromatic nitrogens is 1. The molecular weight excluding hydrogens is 172 g/mol. The molecule has 1 fully saturated rings. The van der Waals surface area contributed by atoms with Gasteiger partial charge in [0.15, 0.2) is 0 Å². The van der Waals surface area contributed by atoms with Gasteiger partial charge in [0.05, 0.1) is 11.9 Å². The zero-order chi connectivity index (χ0) is 8.39. The summed E-state index contributed by atoms with van der Waals surface area (Å²) in [5, 5.41) is 3.86. The summed E-state index contributed by atoms with van der Waals surface area (Å²) in [6, 6.07) is 3.76. The van der Waals surface area contributed by atoms with Gasteiger partial charge < -0.3 is 5.32 Å². The summed E-state index contributed by atoms with van der Waals surface area (Å²) in [5.41, 5.74) is 1.06. The molecule has 0 saturated heterocycles. The molecule has 0 radical (unpaired) electrons. The second-order valence-corrected chi connectivity index (χ2v) is 3.58. The van der Waals surface area contributed by atoms with Crippen LogP contribution in [0.3, 0.4) is 0 Å². The van der Waals surface area contributed by atoms with E-state index in [2.05, 4.69) is 10.3 Å². The molecule has 2 nitrogen and oxygen atoms in total. The van der Waals surface area contributed by atoms with Crippen molar-refractivity contribution in [3.8, 4) is 0 Å². The molecule has 1 heterocycles. The Morgan fingerprint density at radius 1 is 1.50 bits per heavy atom. The smallest absolute Gasteiger partial charge is 0.129 e. The van der Waals surface area contributed by atoms with Crippen molar-refractivity contribution in [1.82, 2.24) is 4.98 Å². The molecule has 1 N–H and O–H groups in total. The normalized spacial score (nSPS) is 16.1. The predicted molar refractivity (Wildman–Crippen MR) is 50.5 cm³/mol. The zero-order valence-corrected chi connectivity index (χ0v) is 7.51. The Hall–Kier alpha value is -0.760. The first-order valence-corrected chi connectivity index (χ1v) is 4.58. The van der Waals surface area contributed by atoms with E-state index < -0.39 is 0 Å². The fourth-order valence-electron chi connectivity index (χ4n) is 1.06. The van der Waals surface area contributed by atoms with Crippen molar-refractivity contribution in [2.24, 2.45) is 5.92 Å². The number of nitrogens with one attached hydrogen (secondary N) is 1. The van der Waals surface area contributed by atoms with Crippen molar-refractivity contribution >= 4 is 17.3 Å². The molecule has 0 aromatic carbocycles. The minimum absolute atomic E-state index is 0.548. The molecule has 64 valence electrons. The second-order valence-electron chi connectivity index (χ2n) is 3.19. The van der Waals surface area contributed by atoms with Gasteiger partial charge in [0.25, 0.3) is 0 Å². The first kappa shape index (κ1) is 7.87. The van der Waals surface area contributed by atoms with Gasteiger partial charge in [-0.3, -0.25) is 0 Å². The van der Waals surface area contributed by atoms with Gasteiger partial charge in [0.1, 0.15) is 5.15 Å². The highest BCUT2D eigenvalue weighted by atomic mass is 35.5. The lowest BCUT2D eigenvalue weighted by molar-refractivity contribution is 0.888. The van der Waals surface area contributed by atoms with E-state index in [9.17, 15) is 0 Å². The third-order valence-corrected chi connectivity index (χ3v) is 2.24. The van der Waals surface area contributed by atoms with E-state index >= 15 is 0 Å². The lowest BCUT2D eigenvalue weighted by Gasteiger charge is -2.03. The van der Waals surface area contributed by atoms with Crippen LogP contribution in [0.2, 0.25) is 5.15 Å². The molecule has 0 bridgehead atoms. The molecule has 0 unspecified atom stereocenters. The number of hydrogen-bond acceptors (Lipinski definition) is 2. The molecule has 1 aromatic rings. The number of hydrogen-bond donors (Lipinski definition) is 1. The molecule has 2 rings (SSSR count). The standard InChI is InChI=1S/C9H11ClN2/c10-9-4-3-8(6-12-9)11-5-7-1-2-7/h3-4,6-7,11H,1-2,5H2. The Kier molecular flexibility index (Phi) is 2.17. The van der Waals surface area contributed by atoms with Gasteiger partial charge in [-0.1, -0.05) is 11.6 Å². The van der Waals surface area contributed by atoms with Crippen LogP contribution < -0.4 is 5.32 Å². The number of pyridine rings is 1. The Bertz CT molecular complexity index is 254. The van der Waals surface area contributed by atoms with Crippen LogP contribution in [-0.2, 0) is 0 Å². The Morgan fingerprint density at radius 3 is 2.92 bits per heavy atom. The van der Waals surface area contributed by atoms with Crippen LogP contribution in [-0.4, -0.2) is 11.5 Å². The van der Waals surface area contributed by atoms with E-state index in [0.717, 1.165) is 18.2 Å². The van der Waals surface area contributed by atoms with Gasteiger partial charge in [-0.2, -0.15) is 0 Å². The number of rotatable bonds is 3. The second kappa shape index (κ2) is 3.31. The van der Waals surface area contributed by atoms with Crippen LogP contribution in [0.1, 0.15) is 12.8 Å². The molecule has 1 aliphatic carbocycles. The molecule has 3 heteroatoms. The lowest BCUT2D eigenvalue weighted by Crippen LogP contribution is -2.02. The van der Waals surface area contributed by atoms with Crippen molar-refractivity contribution in [3.05, 3.63) is 23.5 Å². The molecule has 0 spiro atoms. The SMILES string of the molecule is Clc1ccc(NCC2CC2)cn1. The minimum atomic E-state index is 0.548. The summed E-state index contributed by atoms with van der Waals surface area (Å²) in [6.45, 7) is 1.07. The molecular formula is C9H11ClN2. The molecule has 1 aliphatic rings. The fraction of sp³-hybridized carbons (Fsp3) is 0.444. The van der Waals surface area contributed by atoms with Crippen LogP contribution in [0.4, 0.5) is 5.69 Å². The monoisotopic (exact) mass is 182 g/mol. The summed E-state index contributed by atoms with van der Waals surface area (Å²) in [4.78, 5) is 3.98. The summed E-state index contributed by atoms with van der Waals surface area (Å²) in [7, 11) is 0. The van der Waals surface area contributed by atoms with Gasteiger partial charge in [0.2, 0.25) is 0 Å². The van der Waals surface area contributed by atoms with E-state index in [1.807, 2.05) is 6.07 Å². The molecule has 12 heavy (non-hydrogen) atoms. The van der Waals surface area contributed by atoms with Gasteiger partial charge in [-0.25, -0.2) is 4.98 Å². The van der Waals surface area contributed by atoms with Gasteiger partial charge in [-0.05, 0) is 30.9 Å². The highest BCUT2D eigenvalue weighted by Gasteiger charge is 2.20. The first-order chi connectivity index (χ1) is 5.84. The van der Waals surface area contributed by atoms with Gasteiger partial charge in [-0.15, -0.1) is 0 Å². The van der Waals surface area contributed by atoms with E-state index in [1.54, 1.807) is 12.3 Å². The van der Waals surface area contributed by atoms with Gasteiger partial charge >= 0.3 is 0 Å².